The van der Waals surface area contributed by atoms with Crippen LogP contribution in [-0.4, -0.2) is 9.36 Å². The Morgan fingerprint density at radius 1 is 0.765 bits per heavy atom. The van der Waals surface area contributed by atoms with Crippen LogP contribution in [0, 0.1) is 0 Å². The molecular formula is C12H11N3O2. The zero-order valence-electron chi connectivity index (χ0n) is 9.11. The van der Waals surface area contributed by atoms with E-state index in [1.165, 1.54) is 21.5 Å². The molecule has 3 rings (SSSR count). The van der Waals surface area contributed by atoms with Crippen molar-refractivity contribution in [1.29, 1.82) is 0 Å². The summed E-state index contributed by atoms with van der Waals surface area (Å²) in [5.74, 6) is 0. The van der Waals surface area contributed by atoms with Crippen molar-refractivity contribution in [2.24, 2.45) is 0 Å². The average Bonchev–Trinajstić information content (AvgIpc) is 2.81. The van der Waals surface area contributed by atoms with Gasteiger partial charge in [-0.2, -0.15) is 0 Å². The molecule has 0 bridgehead atoms. The van der Waals surface area contributed by atoms with Crippen LogP contribution in [0.2, 0.25) is 0 Å². The number of benzene rings is 1. The lowest BCUT2D eigenvalue weighted by atomic mass is 10.3. The van der Waals surface area contributed by atoms with E-state index in [0.29, 0.717) is 13.3 Å². The van der Waals surface area contributed by atoms with Gasteiger partial charge in [-0.25, -0.2) is 9.36 Å². The van der Waals surface area contributed by atoms with Crippen molar-refractivity contribution in [2.75, 3.05) is 4.90 Å². The molecule has 1 aromatic heterocycles. The zero-order valence-corrected chi connectivity index (χ0v) is 9.11. The lowest BCUT2D eigenvalue weighted by molar-refractivity contribution is 0.548. The monoisotopic (exact) mass is 229 g/mol. The van der Waals surface area contributed by atoms with Crippen LogP contribution >= 0.6 is 0 Å². The summed E-state index contributed by atoms with van der Waals surface area (Å²) < 4.78 is 2.91. The van der Waals surface area contributed by atoms with E-state index in [9.17, 15) is 9.59 Å². The summed E-state index contributed by atoms with van der Waals surface area (Å²) in [6.07, 6.45) is 0. The van der Waals surface area contributed by atoms with E-state index in [1.807, 2.05) is 35.2 Å². The van der Waals surface area contributed by atoms with Gasteiger partial charge in [0, 0.05) is 17.8 Å². The van der Waals surface area contributed by atoms with Crippen molar-refractivity contribution >= 4 is 5.69 Å². The first kappa shape index (κ1) is 9.89. The second-order valence-corrected chi connectivity index (χ2v) is 3.97. The Hall–Kier alpha value is -2.30. The maximum atomic E-state index is 11.6. The van der Waals surface area contributed by atoms with Gasteiger partial charge in [0.25, 0.3) is 11.1 Å². The molecule has 0 saturated carbocycles. The number of nitrogens with zero attached hydrogens (tertiary/aromatic N) is 3. The molecule has 5 heteroatoms. The highest BCUT2D eigenvalue weighted by Crippen LogP contribution is 2.16. The van der Waals surface area contributed by atoms with Gasteiger partial charge in [0.05, 0.1) is 0 Å². The topological polar surface area (TPSA) is 47.2 Å². The Bertz CT molecular complexity index is 618. The average molecular weight is 229 g/mol. The van der Waals surface area contributed by atoms with E-state index in [2.05, 4.69) is 0 Å². The first-order valence-corrected chi connectivity index (χ1v) is 5.37. The highest BCUT2D eigenvalue weighted by atomic mass is 16.2. The summed E-state index contributed by atoms with van der Waals surface area (Å²) in [7, 11) is 0. The third-order valence-corrected chi connectivity index (χ3v) is 2.90. The highest BCUT2D eigenvalue weighted by molar-refractivity contribution is 5.44. The van der Waals surface area contributed by atoms with Gasteiger partial charge in [-0.15, -0.1) is 0 Å². The summed E-state index contributed by atoms with van der Waals surface area (Å²) in [5, 5.41) is 0. The number of hydrogen-bond acceptors (Lipinski definition) is 3. The molecule has 17 heavy (non-hydrogen) atoms. The van der Waals surface area contributed by atoms with Gasteiger partial charge >= 0.3 is 0 Å². The van der Waals surface area contributed by atoms with Gasteiger partial charge in [0.15, 0.2) is 0 Å². The molecule has 86 valence electrons. The third kappa shape index (κ3) is 1.56. The van der Waals surface area contributed by atoms with Gasteiger partial charge in [0.1, 0.15) is 13.3 Å². The fraction of sp³-hybridized carbons (Fsp3) is 0.167. The van der Waals surface area contributed by atoms with Crippen LogP contribution in [-0.2, 0) is 13.3 Å². The van der Waals surface area contributed by atoms with E-state index in [0.717, 1.165) is 5.69 Å². The molecule has 0 fully saturated rings. The van der Waals surface area contributed by atoms with Gasteiger partial charge in [-0.3, -0.25) is 9.59 Å². The standard InChI is InChI=1S/C12H11N3O2/c16-11-6-7-12(17)15-9-13(8-14(11)15)10-4-2-1-3-5-10/h1-7H,8-9H2. The Morgan fingerprint density at radius 2 is 1.29 bits per heavy atom. The third-order valence-electron chi connectivity index (χ3n) is 2.90. The lowest BCUT2D eigenvalue weighted by Gasteiger charge is -2.14. The van der Waals surface area contributed by atoms with Gasteiger partial charge in [0.2, 0.25) is 0 Å². The Kier molecular flexibility index (Phi) is 2.11. The molecule has 0 saturated heterocycles. The Balaban J connectivity index is 2.04. The van der Waals surface area contributed by atoms with Crippen molar-refractivity contribution in [1.82, 2.24) is 9.36 Å². The van der Waals surface area contributed by atoms with Crippen LogP contribution < -0.4 is 16.0 Å². The molecule has 5 nitrogen and oxygen atoms in total. The number of aromatic nitrogens is 2. The van der Waals surface area contributed by atoms with Crippen LogP contribution in [0.1, 0.15) is 0 Å². The summed E-state index contributed by atoms with van der Waals surface area (Å²) in [4.78, 5) is 25.2. The number of anilines is 1. The van der Waals surface area contributed by atoms with E-state index in [-0.39, 0.29) is 11.1 Å². The van der Waals surface area contributed by atoms with Crippen molar-refractivity contribution in [2.45, 2.75) is 13.3 Å². The molecule has 2 aromatic rings. The predicted molar refractivity (Wildman–Crippen MR) is 63.9 cm³/mol. The van der Waals surface area contributed by atoms with Crippen molar-refractivity contribution in [3.05, 3.63) is 63.2 Å². The fourth-order valence-electron chi connectivity index (χ4n) is 2.01. The number of para-hydroxylation sites is 1. The Morgan fingerprint density at radius 3 is 1.82 bits per heavy atom. The molecule has 1 aromatic carbocycles. The number of rotatable bonds is 1. The predicted octanol–water partition coefficient (Wildman–Crippen LogP) is 0.445. The quantitative estimate of drug-likeness (QED) is 0.713. The zero-order chi connectivity index (χ0) is 11.8. The van der Waals surface area contributed by atoms with Crippen LogP contribution in [0.15, 0.2) is 52.1 Å². The second kappa shape index (κ2) is 3.62. The first-order chi connectivity index (χ1) is 8.25. The van der Waals surface area contributed by atoms with Crippen molar-refractivity contribution < 1.29 is 0 Å². The second-order valence-electron chi connectivity index (χ2n) is 3.97. The minimum Gasteiger partial charge on any atom is -0.332 e. The van der Waals surface area contributed by atoms with E-state index in [1.54, 1.807) is 0 Å². The summed E-state index contributed by atoms with van der Waals surface area (Å²) in [5.41, 5.74) is 0.702. The van der Waals surface area contributed by atoms with E-state index in [4.69, 9.17) is 0 Å². The van der Waals surface area contributed by atoms with Crippen LogP contribution in [0.5, 0.6) is 0 Å². The smallest absolute Gasteiger partial charge is 0.267 e. The first-order valence-electron chi connectivity index (χ1n) is 5.37. The van der Waals surface area contributed by atoms with Crippen LogP contribution in [0.4, 0.5) is 5.69 Å². The van der Waals surface area contributed by atoms with Gasteiger partial charge < -0.3 is 4.90 Å². The molecule has 0 amide bonds. The molecule has 0 N–H and O–H groups in total. The molecule has 0 unspecified atom stereocenters. The molecule has 0 radical (unpaired) electrons. The molecule has 0 spiro atoms. The minimum atomic E-state index is -0.150. The van der Waals surface area contributed by atoms with Crippen LogP contribution in [0.25, 0.3) is 0 Å². The Labute approximate surface area is 97.1 Å². The molecule has 1 aliphatic rings. The minimum absolute atomic E-state index is 0.150. The summed E-state index contributed by atoms with van der Waals surface area (Å²) in [6, 6.07) is 12.4. The van der Waals surface area contributed by atoms with Crippen molar-refractivity contribution in [3.8, 4) is 0 Å². The molecule has 0 aliphatic carbocycles. The van der Waals surface area contributed by atoms with Crippen molar-refractivity contribution in [3.63, 3.8) is 0 Å². The van der Waals surface area contributed by atoms with Gasteiger partial charge in [-0.05, 0) is 12.1 Å². The normalized spacial score (nSPS) is 13.8. The van der Waals surface area contributed by atoms with E-state index < -0.39 is 0 Å². The largest absolute Gasteiger partial charge is 0.332 e. The number of fused-ring (bicyclic) bond motifs is 1. The molecule has 2 heterocycles. The SMILES string of the molecule is O=c1ccc(=O)n2n1CN(c1ccccc1)C2. The van der Waals surface area contributed by atoms with E-state index >= 15 is 0 Å². The summed E-state index contributed by atoms with van der Waals surface area (Å²) >= 11 is 0. The summed E-state index contributed by atoms with van der Waals surface area (Å²) in [6.45, 7) is 0.831. The fourth-order valence-corrected chi connectivity index (χ4v) is 2.01. The lowest BCUT2D eigenvalue weighted by Crippen LogP contribution is -2.32. The van der Waals surface area contributed by atoms with Crippen LogP contribution in [0.3, 0.4) is 0 Å². The molecular weight excluding hydrogens is 218 g/mol. The highest BCUT2D eigenvalue weighted by Gasteiger charge is 2.19. The number of hydrogen-bond donors (Lipinski definition) is 0. The maximum Gasteiger partial charge on any atom is 0.267 e. The maximum absolute atomic E-state index is 11.6. The molecule has 0 atom stereocenters. The molecule has 1 aliphatic heterocycles. The van der Waals surface area contributed by atoms with Gasteiger partial charge in [-0.1, -0.05) is 18.2 Å².